The molecule has 0 atom stereocenters. The summed E-state index contributed by atoms with van der Waals surface area (Å²) in [5.41, 5.74) is 1.22. The third kappa shape index (κ3) is 5.03. The second-order valence-corrected chi connectivity index (χ2v) is 10.9. The molecule has 1 aliphatic heterocycles. The monoisotopic (exact) mass is 537 g/mol. The van der Waals surface area contributed by atoms with E-state index in [9.17, 15) is 18.3 Å². The first-order valence-corrected chi connectivity index (χ1v) is 13.5. The molecule has 8 nitrogen and oxygen atoms in total. The fourth-order valence-corrected chi connectivity index (χ4v) is 6.19. The number of morpholine rings is 1. The number of aromatic nitrogens is 1. The highest BCUT2D eigenvalue weighted by atomic mass is 35.5. The summed E-state index contributed by atoms with van der Waals surface area (Å²) in [5, 5.41) is 12.2. The number of aromatic hydroxyl groups is 1. The minimum Gasteiger partial charge on any atom is -0.494 e. The Balaban J connectivity index is 1.57. The molecule has 1 saturated heterocycles. The number of hydrogen-bond donors (Lipinski definition) is 1. The normalized spacial score (nSPS) is 14.9. The molecule has 0 saturated carbocycles. The van der Waals surface area contributed by atoms with Gasteiger partial charge in [0.15, 0.2) is 0 Å². The van der Waals surface area contributed by atoms with Crippen molar-refractivity contribution in [3.8, 4) is 5.88 Å². The molecule has 1 N–H and O–H groups in total. The molecule has 37 heavy (non-hydrogen) atoms. The first-order chi connectivity index (χ1) is 17.9. The van der Waals surface area contributed by atoms with Gasteiger partial charge in [0.05, 0.1) is 36.0 Å². The largest absolute Gasteiger partial charge is 0.494 e. The van der Waals surface area contributed by atoms with Gasteiger partial charge in [0.1, 0.15) is 4.90 Å². The molecule has 0 spiro atoms. The van der Waals surface area contributed by atoms with Gasteiger partial charge in [-0.1, -0.05) is 60.1 Å². The third-order valence-corrected chi connectivity index (χ3v) is 8.60. The number of rotatable bonds is 6. The van der Waals surface area contributed by atoms with E-state index in [0.717, 1.165) is 5.56 Å². The standard InChI is InChI=1S/C27H24ClN3O5S/c28-24-11-10-20(16-25(24)37(34,35)30-12-14-36-15-13-30)29-17-23-21-8-4-5-9-22(21)26(32)31(27(23)33)18-19-6-2-1-3-7-19/h1-11,16-17,33H,12-15,18H2. The maximum atomic E-state index is 13.2. The summed E-state index contributed by atoms with van der Waals surface area (Å²) < 4.78 is 34.3. The van der Waals surface area contributed by atoms with E-state index >= 15 is 0 Å². The Hall–Kier alpha value is -3.50. The molecular weight excluding hydrogens is 514 g/mol. The molecular formula is C27H24ClN3O5S. The van der Waals surface area contributed by atoms with Gasteiger partial charge in [-0.2, -0.15) is 4.31 Å². The van der Waals surface area contributed by atoms with Crippen molar-refractivity contribution in [2.45, 2.75) is 11.4 Å². The molecule has 1 aromatic heterocycles. The van der Waals surface area contributed by atoms with Gasteiger partial charge >= 0.3 is 0 Å². The van der Waals surface area contributed by atoms with Gasteiger partial charge < -0.3 is 9.84 Å². The number of aliphatic imine (C=N–C) groups is 1. The van der Waals surface area contributed by atoms with E-state index in [2.05, 4.69) is 4.99 Å². The Morgan fingerprint density at radius 2 is 1.65 bits per heavy atom. The molecule has 190 valence electrons. The lowest BCUT2D eigenvalue weighted by molar-refractivity contribution is 0.0730. The van der Waals surface area contributed by atoms with Gasteiger partial charge in [-0.3, -0.25) is 14.4 Å². The van der Waals surface area contributed by atoms with Crippen molar-refractivity contribution in [1.82, 2.24) is 8.87 Å². The van der Waals surface area contributed by atoms with Crippen LogP contribution < -0.4 is 5.56 Å². The van der Waals surface area contributed by atoms with Crippen LogP contribution in [0, 0.1) is 0 Å². The lowest BCUT2D eigenvalue weighted by Crippen LogP contribution is -2.40. The Morgan fingerprint density at radius 3 is 2.38 bits per heavy atom. The average molecular weight is 538 g/mol. The molecule has 0 aliphatic carbocycles. The number of nitrogens with zero attached hydrogens (tertiary/aromatic N) is 3. The van der Waals surface area contributed by atoms with Gasteiger partial charge in [0.25, 0.3) is 5.56 Å². The van der Waals surface area contributed by atoms with Crippen molar-refractivity contribution in [2.75, 3.05) is 26.3 Å². The molecule has 2 heterocycles. The lowest BCUT2D eigenvalue weighted by Gasteiger charge is -2.26. The second kappa shape index (κ2) is 10.5. The van der Waals surface area contributed by atoms with E-state index in [1.807, 2.05) is 30.3 Å². The zero-order chi connectivity index (χ0) is 26.0. The van der Waals surface area contributed by atoms with Gasteiger partial charge in [-0.25, -0.2) is 8.42 Å². The maximum absolute atomic E-state index is 13.2. The Morgan fingerprint density at radius 1 is 0.973 bits per heavy atom. The molecule has 0 unspecified atom stereocenters. The highest BCUT2D eigenvalue weighted by molar-refractivity contribution is 7.89. The number of halogens is 1. The van der Waals surface area contributed by atoms with E-state index in [1.54, 1.807) is 30.3 Å². The van der Waals surface area contributed by atoms with Crippen LogP contribution in [0.5, 0.6) is 5.88 Å². The maximum Gasteiger partial charge on any atom is 0.261 e. The summed E-state index contributed by atoms with van der Waals surface area (Å²) in [4.78, 5) is 17.6. The predicted molar refractivity (Wildman–Crippen MR) is 144 cm³/mol. The van der Waals surface area contributed by atoms with Crippen LogP contribution in [-0.2, 0) is 21.3 Å². The molecule has 0 bridgehead atoms. The number of ether oxygens (including phenoxy) is 1. The lowest BCUT2D eigenvalue weighted by atomic mass is 10.1. The fourth-order valence-electron chi connectivity index (χ4n) is 4.29. The molecule has 1 aliphatic rings. The van der Waals surface area contributed by atoms with Crippen molar-refractivity contribution < 1.29 is 18.3 Å². The fraction of sp³-hybridized carbons (Fsp3) is 0.185. The molecule has 1 fully saturated rings. The summed E-state index contributed by atoms with van der Waals surface area (Å²) in [6.45, 7) is 1.31. The zero-order valence-electron chi connectivity index (χ0n) is 19.7. The van der Waals surface area contributed by atoms with E-state index in [4.69, 9.17) is 16.3 Å². The van der Waals surface area contributed by atoms with Crippen LogP contribution in [0.4, 0.5) is 5.69 Å². The SMILES string of the molecule is O=c1c2ccccc2c(C=Nc2ccc(Cl)c(S(=O)(=O)N3CCOCC3)c2)c(O)n1Cc1ccccc1. The van der Waals surface area contributed by atoms with E-state index in [-0.39, 0.29) is 41.0 Å². The van der Waals surface area contributed by atoms with Crippen molar-refractivity contribution in [3.63, 3.8) is 0 Å². The first-order valence-electron chi connectivity index (χ1n) is 11.7. The van der Waals surface area contributed by atoms with E-state index in [1.165, 1.54) is 27.2 Å². The van der Waals surface area contributed by atoms with Crippen molar-refractivity contribution in [2.24, 2.45) is 4.99 Å². The zero-order valence-corrected chi connectivity index (χ0v) is 21.3. The molecule has 5 rings (SSSR count). The van der Waals surface area contributed by atoms with Crippen LogP contribution in [0.2, 0.25) is 5.02 Å². The Labute approximate surface area is 219 Å². The third-order valence-electron chi connectivity index (χ3n) is 6.22. The highest BCUT2D eigenvalue weighted by Gasteiger charge is 2.28. The number of benzene rings is 3. The topological polar surface area (TPSA) is 101 Å². The van der Waals surface area contributed by atoms with Crippen molar-refractivity contribution in [3.05, 3.63) is 99.3 Å². The number of sulfonamides is 1. The highest BCUT2D eigenvalue weighted by Crippen LogP contribution is 2.30. The molecule has 3 aromatic carbocycles. The van der Waals surface area contributed by atoms with Crippen LogP contribution in [-0.4, -0.2) is 54.9 Å². The number of hydrogen-bond acceptors (Lipinski definition) is 6. The van der Waals surface area contributed by atoms with Gasteiger partial charge in [0, 0.05) is 30.1 Å². The Bertz CT molecular complexity index is 1650. The molecule has 4 aromatic rings. The van der Waals surface area contributed by atoms with Gasteiger partial charge in [0.2, 0.25) is 15.9 Å². The Kier molecular flexibility index (Phi) is 7.12. The molecule has 0 amide bonds. The quantitative estimate of drug-likeness (QED) is 0.372. The van der Waals surface area contributed by atoms with Crippen LogP contribution in [0.1, 0.15) is 11.1 Å². The summed E-state index contributed by atoms with van der Waals surface area (Å²) in [7, 11) is -3.84. The summed E-state index contributed by atoms with van der Waals surface area (Å²) in [6, 6.07) is 20.8. The number of fused-ring (bicyclic) bond motifs is 1. The first kappa shape index (κ1) is 25.2. The average Bonchev–Trinajstić information content (AvgIpc) is 2.93. The second-order valence-electron chi connectivity index (χ2n) is 8.55. The molecule has 0 radical (unpaired) electrons. The van der Waals surface area contributed by atoms with Crippen LogP contribution >= 0.6 is 11.6 Å². The summed E-state index contributed by atoms with van der Waals surface area (Å²) in [6.07, 6.45) is 1.44. The minimum atomic E-state index is -3.84. The number of pyridine rings is 1. The van der Waals surface area contributed by atoms with Gasteiger partial charge in [-0.15, -0.1) is 0 Å². The summed E-state index contributed by atoms with van der Waals surface area (Å²) in [5.74, 6) is -0.230. The van der Waals surface area contributed by atoms with Crippen molar-refractivity contribution in [1.29, 1.82) is 0 Å². The van der Waals surface area contributed by atoms with Gasteiger partial charge in [-0.05, 0) is 29.8 Å². The van der Waals surface area contributed by atoms with Crippen molar-refractivity contribution >= 4 is 44.3 Å². The minimum absolute atomic E-state index is 0.0474. The van der Waals surface area contributed by atoms with Crippen LogP contribution in [0.25, 0.3) is 10.8 Å². The van der Waals surface area contributed by atoms with Crippen LogP contribution in [0.3, 0.4) is 0 Å². The van der Waals surface area contributed by atoms with Crippen LogP contribution in [0.15, 0.2) is 87.5 Å². The summed E-state index contributed by atoms with van der Waals surface area (Å²) >= 11 is 6.27. The van der Waals surface area contributed by atoms with E-state index in [0.29, 0.717) is 35.2 Å². The molecule has 10 heteroatoms. The predicted octanol–water partition coefficient (Wildman–Crippen LogP) is 4.18. The van der Waals surface area contributed by atoms with E-state index < -0.39 is 10.0 Å². The smallest absolute Gasteiger partial charge is 0.261 e.